The van der Waals surface area contributed by atoms with E-state index in [2.05, 4.69) is 19.2 Å². The first-order valence-electron chi connectivity index (χ1n) is 6.60. The van der Waals surface area contributed by atoms with Crippen molar-refractivity contribution in [2.24, 2.45) is 5.41 Å². The van der Waals surface area contributed by atoms with Gasteiger partial charge in [-0.1, -0.05) is 6.92 Å². The largest absolute Gasteiger partial charge is 0.342 e. The third-order valence-electron chi connectivity index (χ3n) is 4.44. The summed E-state index contributed by atoms with van der Waals surface area (Å²) in [6.45, 7) is 5.52. The van der Waals surface area contributed by atoms with E-state index in [1.807, 2.05) is 23.7 Å². The van der Waals surface area contributed by atoms with Gasteiger partial charge in [-0.05, 0) is 25.2 Å². The van der Waals surface area contributed by atoms with Gasteiger partial charge >= 0.3 is 0 Å². The van der Waals surface area contributed by atoms with Crippen LogP contribution < -0.4 is 5.32 Å². The number of thioether (sulfide) groups is 1. The molecule has 1 heterocycles. The van der Waals surface area contributed by atoms with E-state index in [0.29, 0.717) is 29.8 Å². The number of rotatable bonds is 4. The molecule has 1 aliphatic carbocycles. The van der Waals surface area contributed by atoms with Gasteiger partial charge in [0.05, 0.1) is 0 Å². The van der Waals surface area contributed by atoms with Crippen LogP contribution in [0.3, 0.4) is 0 Å². The summed E-state index contributed by atoms with van der Waals surface area (Å²) in [5.41, 5.74) is 0.388. The number of nitrogens with one attached hydrogen (secondary N) is 1. The van der Waals surface area contributed by atoms with Crippen LogP contribution >= 0.6 is 11.8 Å². The van der Waals surface area contributed by atoms with Gasteiger partial charge in [-0.2, -0.15) is 11.8 Å². The summed E-state index contributed by atoms with van der Waals surface area (Å²) in [7, 11) is 1.96. The molecule has 98 valence electrons. The third kappa shape index (κ3) is 3.16. The summed E-state index contributed by atoms with van der Waals surface area (Å²) >= 11 is 1.95. The van der Waals surface area contributed by atoms with Crippen molar-refractivity contribution in [3.05, 3.63) is 0 Å². The molecular formula is C13H24N2OS. The van der Waals surface area contributed by atoms with Gasteiger partial charge in [0.15, 0.2) is 0 Å². The van der Waals surface area contributed by atoms with Gasteiger partial charge < -0.3 is 10.2 Å². The quantitative estimate of drug-likeness (QED) is 0.831. The van der Waals surface area contributed by atoms with Crippen LogP contribution in [0.5, 0.6) is 0 Å². The van der Waals surface area contributed by atoms with Crippen LogP contribution in [0.4, 0.5) is 0 Å². The van der Waals surface area contributed by atoms with E-state index in [-0.39, 0.29) is 0 Å². The van der Waals surface area contributed by atoms with Crippen LogP contribution in [0.1, 0.15) is 33.1 Å². The Kier molecular flexibility index (Phi) is 4.03. The zero-order valence-corrected chi connectivity index (χ0v) is 12.0. The zero-order chi connectivity index (χ0) is 12.5. The fourth-order valence-corrected chi connectivity index (χ4v) is 3.35. The molecule has 0 aromatic heterocycles. The van der Waals surface area contributed by atoms with Crippen molar-refractivity contribution in [1.29, 1.82) is 0 Å². The van der Waals surface area contributed by atoms with E-state index in [0.717, 1.165) is 12.3 Å². The van der Waals surface area contributed by atoms with Crippen molar-refractivity contribution in [2.75, 3.05) is 25.1 Å². The Bertz CT molecular complexity index is 285. The lowest BCUT2D eigenvalue weighted by Gasteiger charge is -2.32. The van der Waals surface area contributed by atoms with Crippen LogP contribution in [0, 0.1) is 5.41 Å². The Balaban J connectivity index is 1.82. The van der Waals surface area contributed by atoms with Gasteiger partial charge in [0, 0.05) is 43.6 Å². The average Bonchev–Trinajstić information content (AvgIpc) is 3.08. The van der Waals surface area contributed by atoms with Gasteiger partial charge in [0.2, 0.25) is 5.91 Å². The number of hydrogen-bond donors (Lipinski definition) is 1. The SMILES string of the molecule is CC(N(C)C(=O)CC1CSCCN1)C1(C)CC1. The van der Waals surface area contributed by atoms with Gasteiger partial charge in [0.25, 0.3) is 0 Å². The molecule has 2 fully saturated rings. The zero-order valence-electron chi connectivity index (χ0n) is 11.2. The molecule has 1 saturated heterocycles. The van der Waals surface area contributed by atoms with Crippen molar-refractivity contribution < 1.29 is 4.79 Å². The molecule has 1 N–H and O–H groups in total. The molecule has 0 spiro atoms. The Morgan fingerprint density at radius 3 is 2.82 bits per heavy atom. The highest BCUT2D eigenvalue weighted by molar-refractivity contribution is 7.99. The van der Waals surface area contributed by atoms with E-state index in [9.17, 15) is 4.79 Å². The highest BCUT2D eigenvalue weighted by atomic mass is 32.2. The van der Waals surface area contributed by atoms with Gasteiger partial charge in [-0.15, -0.1) is 0 Å². The summed E-state index contributed by atoms with van der Waals surface area (Å²) < 4.78 is 0. The maximum Gasteiger partial charge on any atom is 0.224 e. The molecule has 0 aromatic carbocycles. The Morgan fingerprint density at radius 1 is 1.59 bits per heavy atom. The standard InChI is InChI=1S/C13H24N2OS/c1-10(13(2)4-5-13)15(3)12(16)8-11-9-17-7-6-14-11/h10-11,14H,4-9H2,1-3H3. The van der Waals surface area contributed by atoms with Crippen molar-refractivity contribution in [1.82, 2.24) is 10.2 Å². The monoisotopic (exact) mass is 256 g/mol. The van der Waals surface area contributed by atoms with E-state index in [4.69, 9.17) is 0 Å². The first kappa shape index (κ1) is 13.2. The predicted octanol–water partition coefficient (Wildman–Crippen LogP) is 1.73. The smallest absolute Gasteiger partial charge is 0.224 e. The molecule has 1 amide bonds. The second-order valence-corrected chi connectivity index (χ2v) is 6.91. The molecular weight excluding hydrogens is 232 g/mol. The van der Waals surface area contributed by atoms with Crippen LogP contribution in [0.25, 0.3) is 0 Å². The maximum absolute atomic E-state index is 12.2. The van der Waals surface area contributed by atoms with Crippen LogP contribution in [0.15, 0.2) is 0 Å². The molecule has 1 saturated carbocycles. The van der Waals surface area contributed by atoms with Gasteiger partial charge in [-0.3, -0.25) is 4.79 Å². The Morgan fingerprint density at radius 2 is 2.29 bits per heavy atom. The summed E-state index contributed by atoms with van der Waals surface area (Å²) in [6, 6.07) is 0.758. The first-order chi connectivity index (χ1) is 8.03. The summed E-state index contributed by atoms with van der Waals surface area (Å²) in [5, 5.41) is 3.43. The van der Waals surface area contributed by atoms with E-state index < -0.39 is 0 Å². The van der Waals surface area contributed by atoms with Crippen LogP contribution in [-0.2, 0) is 4.79 Å². The number of carbonyl (C=O) groups excluding carboxylic acids is 1. The molecule has 2 unspecified atom stereocenters. The second kappa shape index (κ2) is 5.19. The van der Waals surface area contributed by atoms with E-state index >= 15 is 0 Å². The first-order valence-corrected chi connectivity index (χ1v) is 7.75. The topological polar surface area (TPSA) is 32.3 Å². The molecule has 0 bridgehead atoms. The highest BCUT2D eigenvalue weighted by Crippen LogP contribution is 2.49. The van der Waals surface area contributed by atoms with Gasteiger partial charge in [0.1, 0.15) is 0 Å². The molecule has 0 aromatic rings. The fourth-order valence-electron chi connectivity index (χ4n) is 2.40. The van der Waals surface area contributed by atoms with Crippen molar-refractivity contribution >= 4 is 17.7 Å². The lowest BCUT2D eigenvalue weighted by Crippen LogP contribution is -2.45. The fraction of sp³-hybridized carbons (Fsp3) is 0.923. The number of hydrogen-bond acceptors (Lipinski definition) is 3. The van der Waals surface area contributed by atoms with Gasteiger partial charge in [-0.25, -0.2) is 0 Å². The molecule has 0 radical (unpaired) electrons. The normalized spacial score (nSPS) is 28.5. The van der Waals surface area contributed by atoms with Crippen molar-refractivity contribution in [2.45, 2.75) is 45.2 Å². The van der Waals surface area contributed by atoms with E-state index in [1.165, 1.54) is 18.6 Å². The summed E-state index contributed by atoms with van der Waals surface area (Å²) in [5.74, 6) is 2.55. The molecule has 17 heavy (non-hydrogen) atoms. The Labute approximate surface area is 109 Å². The highest BCUT2D eigenvalue weighted by Gasteiger charge is 2.45. The molecule has 4 heteroatoms. The minimum atomic E-state index is 0.297. The lowest BCUT2D eigenvalue weighted by molar-refractivity contribution is -0.133. The number of nitrogens with zero attached hydrogens (tertiary/aromatic N) is 1. The summed E-state index contributed by atoms with van der Waals surface area (Å²) in [6.07, 6.45) is 3.19. The minimum Gasteiger partial charge on any atom is -0.342 e. The maximum atomic E-state index is 12.2. The molecule has 2 aliphatic rings. The molecule has 3 nitrogen and oxygen atoms in total. The summed E-state index contributed by atoms with van der Waals surface area (Å²) in [4.78, 5) is 14.2. The average molecular weight is 256 g/mol. The minimum absolute atomic E-state index is 0.297. The molecule has 2 rings (SSSR count). The Hall–Kier alpha value is -0.220. The lowest BCUT2D eigenvalue weighted by atomic mass is 9.99. The molecule has 1 aliphatic heterocycles. The molecule has 2 atom stereocenters. The second-order valence-electron chi connectivity index (χ2n) is 5.76. The van der Waals surface area contributed by atoms with Crippen LogP contribution in [-0.4, -0.2) is 48.0 Å². The van der Waals surface area contributed by atoms with Crippen molar-refractivity contribution in [3.8, 4) is 0 Å². The predicted molar refractivity (Wildman–Crippen MR) is 73.3 cm³/mol. The van der Waals surface area contributed by atoms with E-state index in [1.54, 1.807) is 0 Å². The third-order valence-corrected chi connectivity index (χ3v) is 5.57. The number of amides is 1. The number of carbonyl (C=O) groups is 1. The van der Waals surface area contributed by atoms with Crippen molar-refractivity contribution in [3.63, 3.8) is 0 Å². The van der Waals surface area contributed by atoms with Crippen LogP contribution in [0.2, 0.25) is 0 Å².